The molecule has 66 valence electrons. The molecule has 0 heteroatoms. The maximum Gasteiger partial charge on any atom is -0.00922 e. The van der Waals surface area contributed by atoms with Crippen LogP contribution < -0.4 is 0 Å². The number of rotatable bonds is 1. The van der Waals surface area contributed by atoms with Gasteiger partial charge in [0.15, 0.2) is 0 Å². The molecule has 1 rings (SSSR count). The molecule has 0 unspecified atom stereocenters. The minimum Gasteiger partial charge on any atom is -0.0801 e. The molecule has 0 radical (unpaired) electrons. The summed E-state index contributed by atoms with van der Waals surface area (Å²) >= 11 is 0. The summed E-state index contributed by atoms with van der Waals surface area (Å²) in [5.41, 5.74) is 4.50. The topological polar surface area (TPSA) is 0 Å². The molecule has 0 fully saturated rings. The van der Waals surface area contributed by atoms with Gasteiger partial charge in [-0.2, -0.15) is 0 Å². The minimum atomic E-state index is 0.653. The third-order valence-corrected chi connectivity index (χ3v) is 2.31. The van der Waals surface area contributed by atoms with Gasteiger partial charge in [-0.05, 0) is 37.3 Å². The standard InChI is InChI=1S/C12H18/c1-9(2)11-7-5-6-8-12(11)10(3)4/h5-7,9H,8H2,1-4H3. The van der Waals surface area contributed by atoms with Gasteiger partial charge < -0.3 is 0 Å². The zero-order chi connectivity index (χ0) is 9.14. The summed E-state index contributed by atoms with van der Waals surface area (Å²) in [6.07, 6.45) is 7.76. The average Bonchev–Trinajstić information content (AvgIpc) is 2.04. The first-order chi connectivity index (χ1) is 5.63. The fourth-order valence-corrected chi connectivity index (χ4v) is 1.61. The first kappa shape index (κ1) is 9.31. The zero-order valence-electron chi connectivity index (χ0n) is 8.52. The lowest BCUT2D eigenvalue weighted by atomic mass is 9.87. The number of hydrogen-bond acceptors (Lipinski definition) is 0. The Kier molecular flexibility index (Phi) is 2.91. The normalized spacial score (nSPS) is 16.8. The minimum absolute atomic E-state index is 0.653. The monoisotopic (exact) mass is 162 g/mol. The van der Waals surface area contributed by atoms with Crippen molar-refractivity contribution in [1.82, 2.24) is 0 Å². The zero-order valence-corrected chi connectivity index (χ0v) is 8.52. The maximum atomic E-state index is 2.26. The van der Waals surface area contributed by atoms with Crippen LogP contribution in [0.1, 0.15) is 34.1 Å². The highest BCUT2D eigenvalue weighted by atomic mass is 14.2. The number of hydrogen-bond donors (Lipinski definition) is 0. The largest absolute Gasteiger partial charge is 0.0801 e. The van der Waals surface area contributed by atoms with Gasteiger partial charge in [0.1, 0.15) is 0 Å². The Morgan fingerprint density at radius 3 is 2.42 bits per heavy atom. The molecular formula is C12H18. The third kappa shape index (κ3) is 1.88. The van der Waals surface area contributed by atoms with E-state index in [9.17, 15) is 0 Å². The molecule has 0 heterocycles. The van der Waals surface area contributed by atoms with Crippen molar-refractivity contribution in [3.63, 3.8) is 0 Å². The van der Waals surface area contributed by atoms with Crippen LogP contribution in [0.2, 0.25) is 0 Å². The summed E-state index contributed by atoms with van der Waals surface area (Å²) in [6.45, 7) is 8.91. The van der Waals surface area contributed by atoms with E-state index in [4.69, 9.17) is 0 Å². The predicted molar refractivity (Wildman–Crippen MR) is 55.1 cm³/mol. The third-order valence-electron chi connectivity index (χ3n) is 2.31. The summed E-state index contributed by atoms with van der Waals surface area (Å²) in [5.74, 6) is 0.653. The summed E-state index contributed by atoms with van der Waals surface area (Å²) in [5, 5.41) is 0. The second-order valence-corrected chi connectivity index (χ2v) is 3.89. The van der Waals surface area contributed by atoms with Crippen molar-refractivity contribution in [3.8, 4) is 0 Å². The van der Waals surface area contributed by atoms with Crippen LogP contribution in [0.4, 0.5) is 0 Å². The van der Waals surface area contributed by atoms with Crippen LogP contribution in [0.15, 0.2) is 34.9 Å². The lowest BCUT2D eigenvalue weighted by molar-refractivity contribution is 0.764. The highest BCUT2D eigenvalue weighted by Gasteiger charge is 2.10. The Morgan fingerprint density at radius 1 is 1.33 bits per heavy atom. The van der Waals surface area contributed by atoms with Crippen LogP contribution in [-0.2, 0) is 0 Å². The van der Waals surface area contributed by atoms with Crippen LogP contribution in [0.3, 0.4) is 0 Å². The van der Waals surface area contributed by atoms with Crippen molar-refractivity contribution in [2.45, 2.75) is 34.1 Å². The Morgan fingerprint density at radius 2 is 2.00 bits per heavy atom. The lowest BCUT2D eigenvalue weighted by Gasteiger charge is -2.18. The van der Waals surface area contributed by atoms with E-state index in [0.29, 0.717) is 5.92 Å². The molecule has 1 aliphatic carbocycles. The molecule has 0 spiro atoms. The summed E-state index contributed by atoms with van der Waals surface area (Å²) < 4.78 is 0. The van der Waals surface area contributed by atoms with Crippen molar-refractivity contribution in [2.24, 2.45) is 5.92 Å². The second-order valence-electron chi connectivity index (χ2n) is 3.89. The molecule has 0 aromatic carbocycles. The van der Waals surface area contributed by atoms with Crippen LogP contribution in [0, 0.1) is 5.92 Å². The van der Waals surface area contributed by atoms with Gasteiger partial charge in [0.2, 0.25) is 0 Å². The van der Waals surface area contributed by atoms with Crippen molar-refractivity contribution in [2.75, 3.05) is 0 Å². The smallest absolute Gasteiger partial charge is 0.00922 e. The molecule has 0 saturated carbocycles. The van der Waals surface area contributed by atoms with Crippen LogP contribution in [-0.4, -0.2) is 0 Å². The van der Waals surface area contributed by atoms with Gasteiger partial charge in [0.05, 0.1) is 0 Å². The van der Waals surface area contributed by atoms with E-state index in [2.05, 4.69) is 45.9 Å². The summed E-state index contributed by atoms with van der Waals surface area (Å²) in [4.78, 5) is 0. The molecular weight excluding hydrogens is 144 g/mol. The van der Waals surface area contributed by atoms with E-state index in [1.807, 2.05) is 0 Å². The van der Waals surface area contributed by atoms with Crippen LogP contribution in [0.25, 0.3) is 0 Å². The molecule has 0 aliphatic heterocycles. The summed E-state index contributed by atoms with van der Waals surface area (Å²) in [7, 11) is 0. The number of allylic oxidation sites excluding steroid dienone is 6. The highest BCUT2D eigenvalue weighted by Crippen LogP contribution is 2.28. The molecule has 0 nitrogen and oxygen atoms in total. The van der Waals surface area contributed by atoms with Crippen LogP contribution >= 0.6 is 0 Å². The van der Waals surface area contributed by atoms with Crippen molar-refractivity contribution in [3.05, 3.63) is 34.9 Å². The van der Waals surface area contributed by atoms with Crippen molar-refractivity contribution in [1.29, 1.82) is 0 Å². The first-order valence-electron chi connectivity index (χ1n) is 4.66. The molecule has 0 aromatic rings. The quantitative estimate of drug-likeness (QED) is 0.549. The summed E-state index contributed by atoms with van der Waals surface area (Å²) in [6, 6.07) is 0. The molecule has 0 aromatic heterocycles. The Hall–Kier alpha value is -0.780. The highest BCUT2D eigenvalue weighted by molar-refractivity contribution is 5.42. The van der Waals surface area contributed by atoms with E-state index in [1.165, 1.54) is 16.7 Å². The van der Waals surface area contributed by atoms with E-state index in [-0.39, 0.29) is 0 Å². The Bertz CT molecular complexity index is 245. The molecule has 0 amide bonds. The molecule has 0 N–H and O–H groups in total. The average molecular weight is 162 g/mol. The van der Waals surface area contributed by atoms with Gasteiger partial charge in [-0.15, -0.1) is 0 Å². The second kappa shape index (κ2) is 3.75. The maximum absolute atomic E-state index is 2.26. The molecule has 1 aliphatic rings. The van der Waals surface area contributed by atoms with E-state index < -0.39 is 0 Å². The van der Waals surface area contributed by atoms with Crippen molar-refractivity contribution >= 4 is 0 Å². The van der Waals surface area contributed by atoms with Gasteiger partial charge in [0, 0.05) is 0 Å². The Labute approximate surface area is 75.7 Å². The molecule has 12 heavy (non-hydrogen) atoms. The van der Waals surface area contributed by atoms with E-state index in [0.717, 1.165) is 6.42 Å². The lowest BCUT2D eigenvalue weighted by Crippen LogP contribution is -2.01. The van der Waals surface area contributed by atoms with E-state index >= 15 is 0 Å². The van der Waals surface area contributed by atoms with Gasteiger partial charge in [-0.3, -0.25) is 0 Å². The molecule has 0 bridgehead atoms. The first-order valence-corrected chi connectivity index (χ1v) is 4.66. The fourth-order valence-electron chi connectivity index (χ4n) is 1.61. The van der Waals surface area contributed by atoms with Crippen LogP contribution in [0.5, 0.6) is 0 Å². The Balaban J connectivity index is 3.00. The fraction of sp³-hybridized carbons (Fsp3) is 0.500. The van der Waals surface area contributed by atoms with Gasteiger partial charge >= 0.3 is 0 Å². The molecule has 0 saturated heterocycles. The molecule has 0 atom stereocenters. The SMILES string of the molecule is CC(C)=C1CC=CC=C1C(C)C. The predicted octanol–water partition coefficient (Wildman–Crippen LogP) is 3.87. The van der Waals surface area contributed by atoms with Gasteiger partial charge in [0.25, 0.3) is 0 Å². The van der Waals surface area contributed by atoms with E-state index in [1.54, 1.807) is 0 Å². The van der Waals surface area contributed by atoms with Crippen molar-refractivity contribution < 1.29 is 0 Å². The van der Waals surface area contributed by atoms with Gasteiger partial charge in [-0.25, -0.2) is 0 Å². The van der Waals surface area contributed by atoms with Gasteiger partial charge in [-0.1, -0.05) is 37.6 Å².